The normalized spacial score (nSPS) is 10.2. The van der Waals surface area contributed by atoms with E-state index >= 15 is 0 Å². The number of nitrogens with zero attached hydrogens (tertiary/aromatic N) is 1. The van der Waals surface area contributed by atoms with Crippen molar-refractivity contribution >= 4 is 17.3 Å². The molecular weight excluding hydrogens is 298 g/mol. The highest BCUT2D eigenvalue weighted by atomic mass is 35.5. The van der Waals surface area contributed by atoms with Crippen molar-refractivity contribution in [2.45, 2.75) is 6.61 Å². The van der Waals surface area contributed by atoms with Gasteiger partial charge in [-0.2, -0.15) is 0 Å². The lowest BCUT2D eigenvalue weighted by Gasteiger charge is -2.11. The third-order valence-electron chi connectivity index (χ3n) is 2.76. The number of aliphatic hydroxyl groups excluding tert-OH is 1. The fraction of sp³-hybridized carbons (Fsp3) is 0.143. The molecule has 0 aromatic heterocycles. The molecular formula is C14H12ClNO5. The molecule has 0 fully saturated rings. The summed E-state index contributed by atoms with van der Waals surface area (Å²) in [5.41, 5.74) is 0.326. The van der Waals surface area contributed by atoms with E-state index in [1.807, 2.05) is 0 Å². The Kier molecular flexibility index (Phi) is 4.62. The number of halogens is 1. The van der Waals surface area contributed by atoms with Gasteiger partial charge in [-0.3, -0.25) is 10.1 Å². The van der Waals surface area contributed by atoms with Crippen LogP contribution in [0.2, 0.25) is 5.02 Å². The summed E-state index contributed by atoms with van der Waals surface area (Å²) in [6, 6.07) is 9.20. The van der Waals surface area contributed by atoms with Crippen molar-refractivity contribution in [3.8, 4) is 17.2 Å². The lowest BCUT2D eigenvalue weighted by atomic mass is 10.2. The summed E-state index contributed by atoms with van der Waals surface area (Å²) < 4.78 is 10.7. The number of aliphatic hydroxyl groups is 1. The number of hydrogen-bond donors (Lipinski definition) is 1. The molecule has 0 radical (unpaired) electrons. The van der Waals surface area contributed by atoms with E-state index in [1.54, 1.807) is 24.3 Å². The zero-order valence-electron chi connectivity index (χ0n) is 11.1. The molecule has 1 N–H and O–H groups in total. The number of para-hydroxylation sites is 1. The molecule has 21 heavy (non-hydrogen) atoms. The van der Waals surface area contributed by atoms with Crippen LogP contribution in [0.5, 0.6) is 17.2 Å². The maximum Gasteiger partial charge on any atom is 0.329 e. The van der Waals surface area contributed by atoms with Gasteiger partial charge in [-0.15, -0.1) is 0 Å². The molecule has 7 heteroatoms. The summed E-state index contributed by atoms with van der Waals surface area (Å²) in [6.45, 7) is -0.145. The van der Waals surface area contributed by atoms with Gasteiger partial charge in [-0.1, -0.05) is 23.7 Å². The van der Waals surface area contributed by atoms with Crippen LogP contribution < -0.4 is 9.47 Å². The molecule has 0 aliphatic rings. The summed E-state index contributed by atoms with van der Waals surface area (Å²) in [5.74, 6) is 0.665. The second kappa shape index (κ2) is 6.43. The molecule has 0 aliphatic heterocycles. The van der Waals surface area contributed by atoms with Crippen LogP contribution in [0.4, 0.5) is 5.69 Å². The number of nitro benzene ring substituents is 1. The molecule has 0 unspecified atom stereocenters. The van der Waals surface area contributed by atoms with E-state index in [9.17, 15) is 10.1 Å². The zero-order chi connectivity index (χ0) is 15.4. The Labute approximate surface area is 125 Å². The molecule has 0 bridgehead atoms. The SMILES string of the molecule is COc1cc(CO)ccc1Oc1cccc(Cl)c1[N+](=O)[O-]. The van der Waals surface area contributed by atoms with Crippen molar-refractivity contribution in [3.63, 3.8) is 0 Å². The predicted octanol–water partition coefficient (Wildman–Crippen LogP) is 3.54. The molecule has 0 saturated carbocycles. The Morgan fingerprint density at radius 2 is 2.00 bits per heavy atom. The molecule has 2 rings (SSSR count). The Hall–Kier alpha value is -2.31. The summed E-state index contributed by atoms with van der Waals surface area (Å²) >= 11 is 5.83. The third-order valence-corrected chi connectivity index (χ3v) is 3.07. The summed E-state index contributed by atoms with van der Waals surface area (Å²) in [4.78, 5) is 10.5. The number of methoxy groups -OCH3 is 1. The van der Waals surface area contributed by atoms with Crippen molar-refractivity contribution < 1.29 is 19.5 Å². The van der Waals surface area contributed by atoms with Crippen LogP contribution in [0.1, 0.15) is 5.56 Å². The fourth-order valence-corrected chi connectivity index (χ4v) is 2.00. The Balaban J connectivity index is 2.43. The maximum atomic E-state index is 11.1. The predicted molar refractivity (Wildman–Crippen MR) is 77.1 cm³/mol. The molecule has 6 nitrogen and oxygen atoms in total. The van der Waals surface area contributed by atoms with Gasteiger partial charge in [0.25, 0.3) is 0 Å². The standard InChI is InChI=1S/C14H12ClNO5/c1-20-13-7-9(8-17)5-6-11(13)21-12-4-2-3-10(15)14(12)16(18)19/h2-7,17H,8H2,1H3. The first-order valence-electron chi connectivity index (χ1n) is 5.95. The Bertz CT molecular complexity index is 674. The highest BCUT2D eigenvalue weighted by Gasteiger charge is 2.21. The molecule has 0 amide bonds. The van der Waals surface area contributed by atoms with Gasteiger partial charge in [0.1, 0.15) is 5.02 Å². The van der Waals surface area contributed by atoms with Crippen LogP contribution >= 0.6 is 11.6 Å². The number of benzene rings is 2. The van der Waals surface area contributed by atoms with Crippen LogP contribution in [0.15, 0.2) is 36.4 Å². The summed E-state index contributed by atoms with van der Waals surface area (Å²) in [7, 11) is 1.44. The second-order valence-electron chi connectivity index (χ2n) is 4.09. The van der Waals surface area contributed by atoms with Crippen LogP contribution in [0, 0.1) is 10.1 Å². The highest BCUT2D eigenvalue weighted by Crippen LogP contribution is 2.39. The fourth-order valence-electron chi connectivity index (χ4n) is 1.77. The van der Waals surface area contributed by atoms with E-state index < -0.39 is 4.92 Å². The van der Waals surface area contributed by atoms with Crippen molar-refractivity contribution in [3.05, 3.63) is 57.1 Å². The number of nitro groups is 1. The molecule has 0 atom stereocenters. The highest BCUT2D eigenvalue weighted by molar-refractivity contribution is 6.32. The second-order valence-corrected chi connectivity index (χ2v) is 4.50. The Morgan fingerprint density at radius 1 is 1.24 bits per heavy atom. The molecule has 2 aromatic carbocycles. The van der Waals surface area contributed by atoms with E-state index in [2.05, 4.69) is 0 Å². The quantitative estimate of drug-likeness (QED) is 0.674. The number of hydrogen-bond acceptors (Lipinski definition) is 5. The lowest BCUT2D eigenvalue weighted by molar-refractivity contribution is -0.385. The van der Waals surface area contributed by atoms with Gasteiger partial charge in [-0.05, 0) is 29.8 Å². The minimum atomic E-state index is -0.605. The molecule has 0 spiro atoms. The third kappa shape index (κ3) is 3.24. The van der Waals surface area contributed by atoms with Gasteiger partial charge in [0.2, 0.25) is 5.75 Å². The van der Waals surface area contributed by atoms with Crippen LogP contribution in [-0.4, -0.2) is 17.1 Å². The van der Waals surface area contributed by atoms with Crippen molar-refractivity contribution in [1.82, 2.24) is 0 Å². The molecule has 0 aliphatic carbocycles. The first kappa shape index (κ1) is 15.1. The summed E-state index contributed by atoms with van der Waals surface area (Å²) in [6.07, 6.45) is 0. The van der Waals surface area contributed by atoms with Gasteiger partial charge in [0.15, 0.2) is 11.5 Å². The smallest absolute Gasteiger partial charge is 0.329 e. The van der Waals surface area contributed by atoms with Gasteiger partial charge >= 0.3 is 5.69 Å². The first-order valence-corrected chi connectivity index (χ1v) is 6.33. The molecule has 0 heterocycles. The van der Waals surface area contributed by atoms with Crippen molar-refractivity contribution in [1.29, 1.82) is 0 Å². The average Bonchev–Trinajstić information content (AvgIpc) is 2.47. The minimum Gasteiger partial charge on any atom is -0.493 e. The van der Waals surface area contributed by atoms with Crippen LogP contribution in [-0.2, 0) is 6.61 Å². The van der Waals surface area contributed by atoms with E-state index in [1.165, 1.54) is 19.2 Å². The van der Waals surface area contributed by atoms with Gasteiger partial charge in [0.05, 0.1) is 18.6 Å². The lowest BCUT2D eigenvalue weighted by Crippen LogP contribution is -1.96. The Morgan fingerprint density at radius 3 is 2.62 bits per heavy atom. The van der Waals surface area contributed by atoms with Gasteiger partial charge < -0.3 is 14.6 Å². The van der Waals surface area contributed by atoms with Crippen molar-refractivity contribution in [2.24, 2.45) is 0 Å². The molecule has 110 valence electrons. The van der Waals surface area contributed by atoms with Crippen LogP contribution in [0.25, 0.3) is 0 Å². The first-order chi connectivity index (χ1) is 10.1. The molecule has 0 saturated heterocycles. The number of ether oxygens (including phenoxy) is 2. The minimum absolute atomic E-state index is 0.0107. The molecule has 2 aromatic rings. The van der Waals surface area contributed by atoms with E-state index in [-0.39, 0.29) is 23.1 Å². The zero-order valence-corrected chi connectivity index (χ0v) is 11.8. The van der Waals surface area contributed by atoms with Crippen molar-refractivity contribution in [2.75, 3.05) is 7.11 Å². The van der Waals surface area contributed by atoms with Gasteiger partial charge in [0, 0.05) is 0 Å². The monoisotopic (exact) mass is 309 g/mol. The largest absolute Gasteiger partial charge is 0.493 e. The van der Waals surface area contributed by atoms with Crippen LogP contribution in [0.3, 0.4) is 0 Å². The average molecular weight is 310 g/mol. The number of rotatable bonds is 5. The topological polar surface area (TPSA) is 81.8 Å². The van der Waals surface area contributed by atoms with E-state index in [4.69, 9.17) is 26.2 Å². The summed E-state index contributed by atoms with van der Waals surface area (Å²) in [5, 5.41) is 20.1. The van der Waals surface area contributed by atoms with E-state index in [0.717, 1.165) is 0 Å². The maximum absolute atomic E-state index is 11.1. The van der Waals surface area contributed by atoms with E-state index in [0.29, 0.717) is 17.1 Å². The van der Waals surface area contributed by atoms with Gasteiger partial charge in [-0.25, -0.2) is 0 Å².